The van der Waals surface area contributed by atoms with Gasteiger partial charge in [-0.1, -0.05) is 24.3 Å². The molecule has 0 saturated carbocycles. The maximum Gasteiger partial charge on any atom is 0.341 e. The Labute approximate surface area is 141 Å². The first-order valence-electron chi connectivity index (χ1n) is 7.43. The Kier molecular flexibility index (Phi) is 4.43. The van der Waals surface area contributed by atoms with Gasteiger partial charge in [0, 0.05) is 6.20 Å². The third-order valence-corrected chi connectivity index (χ3v) is 3.81. The molecular formula is C19H13F2NO3. The quantitative estimate of drug-likeness (QED) is 0.791. The number of aromatic carboxylic acids is 1. The first kappa shape index (κ1) is 16.6. The molecule has 6 heteroatoms. The van der Waals surface area contributed by atoms with Crippen LogP contribution in [0.2, 0.25) is 0 Å². The zero-order valence-electron chi connectivity index (χ0n) is 12.9. The molecule has 0 saturated heterocycles. The Hall–Kier alpha value is -3.28. The van der Waals surface area contributed by atoms with Gasteiger partial charge in [0.2, 0.25) is 0 Å². The Morgan fingerprint density at radius 3 is 1.96 bits per heavy atom. The predicted octanol–water partition coefficient (Wildman–Crippen LogP) is 3.46. The van der Waals surface area contributed by atoms with E-state index in [0.29, 0.717) is 11.1 Å². The van der Waals surface area contributed by atoms with Crippen molar-refractivity contribution >= 4 is 5.97 Å². The van der Waals surface area contributed by atoms with E-state index in [1.807, 2.05) is 0 Å². The maximum absolute atomic E-state index is 13.7. The number of carboxylic acids is 1. The van der Waals surface area contributed by atoms with Gasteiger partial charge in [0.1, 0.15) is 17.2 Å². The van der Waals surface area contributed by atoms with Gasteiger partial charge >= 0.3 is 5.97 Å². The van der Waals surface area contributed by atoms with Gasteiger partial charge in [0.05, 0.1) is 6.04 Å². The third kappa shape index (κ3) is 3.33. The average Bonchev–Trinajstić information content (AvgIpc) is 2.56. The molecule has 4 nitrogen and oxygen atoms in total. The molecule has 1 heterocycles. The average molecular weight is 341 g/mol. The molecule has 0 atom stereocenters. The highest BCUT2D eigenvalue weighted by atomic mass is 19.1. The molecule has 3 rings (SSSR count). The lowest BCUT2D eigenvalue weighted by molar-refractivity contribution is 0.0694. The molecule has 3 aromatic rings. The first-order chi connectivity index (χ1) is 12.0. The second-order valence-electron chi connectivity index (χ2n) is 5.45. The van der Waals surface area contributed by atoms with E-state index in [9.17, 15) is 18.4 Å². The van der Waals surface area contributed by atoms with Crippen LogP contribution < -0.4 is 5.56 Å². The third-order valence-electron chi connectivity index (χ3n) is 3.81. The Balaban J connectivity index is 2.28. The number of carbonyl (C=O) groups is 1. The Morgan fingerprint density at radius 1 is 0.920 bits per heavy atom. The summed E-state index contributed by atoms with van der Waals surface area (Å²) in [6.07, 6.45) is 1.40. The van der Waals surface area contributed by atoms with Crippen LogP contribution in [0.3, 0.4) is 0 Å². The predicted molar refractivity (Wildman–Crippen MR) is 87.7 cm³/mol. The number of pyridine rings is 1. The maximum atomic E-state index is 13.7. The van der Waals surface area contributed by atoms with E-state index in [0.717, 1.165) is 4.57 Å². The lowest BCUT2D eigenvalue weighted by Gasteiger charge is -2.21. The highest BCUT2D eigenvalue weighted by molar-refractivity contribution is 5.87. The fourth-order valence-electron chi connectivity index (χ4n) is 2.74. The summed E-state index contributed by atoms with van der Waals surface area (Å²) in [7, 11) is 0. The molecule has 0 amide bonds. The summed E-state index contributed by atoms with van der Waals surface area (Å²) in [5.41, 5.74) is -0.376. The molecule has 1 aromatic heterocycles. The molecule has 0 unspecified atom stereocenters. The van der Waals surface area contributed by atoms with E-state index in [-0.39, 0.29) is 0 Å². The lowest BCUT2D eigenvalue weighted by atomic mass is 9.97. The van der Waals surface area contributed by atoms with Crippen molar-refractivity contribution in [3.8, 4) is 0 Å². The van der Waals surface area contributed by atoms with Crippen LogP contribution >= 0.6 is 0 Å². The molecule has 0 aliphatic carbocycles. The van der Waals surface area contributed by atoms with Gasteiger partial charge in [-0.2, -0.15) is 0 Å². The lowest BCUT2D eigenvalue weighted by Crippen LogP contribution is -2.30. The summed E-state index contributed by atoms with van der Waals surface area (Å²) in [4.78, 5) is 23.8. The van der Waals surface area contributed by atoms with Gasteiger partial charge in [-0.15, -0.1) is 0 Å². The van der Waals surface area contributed by atoms with Crippen molar-refractivity contribution in [1.29, 1.82) is 0 Å². The van der Waals surface area contributed by atoms with E-state index < -0.39 is 34.8 Å². The number of halogens is 2. The molecule has 0 bridgehead atoms. The monoisotopic (exact) mass is 341 g/mol. The minimum absolute atomic E-state index is 0.398. The minimum Gasteiger partial charge on any atom is -0.477 e. The highest BCUT2D eigenvalue weighted by Gasteiger charge is 2.21. The van der Waals surface area contributed by atoms with E-state index in [1.54, 1.807) is 12.1 Å². The van der Waals surface area contributed by atoms with E-state index in [4.69, 9.17) is 5.11 Å². The van der Waals surface area contributed by atoms with Crippen molar-refractivity contribution < 1.29 is 18.7 Å². The molecular weight excluding hydrogens is 328 g/mol. The topological polar surface area (TPSA) is 59.3 Å². The van der Waals surface area contributed by atoms with Crippen molar-refractivity contribution in [3.05, 3.63) is 106 Å². The van der Waals surface area contributed by atoms with E-state index in [2.05, 4.69) is 0 Å². The number of hydrogen-bond donors (Lipinski definition) is 1. The van der Waals surface area contributed by atoms with Crippen LogP contribution in [0.4, 0.5) is 8.78 Å². The SMILES string of the molecule is O=C(O)c1cccn(C(c2cccc(F)c2)c2cccc(F)c2)c1=O. The molecule has 0 aliphatic rings. The number of carboxylic acid groups (broad SMARTS) is 1. The van der Waals surface area contributed by atoms with Crippen molar-refractivity contribution in [3.63, 3.8) is 0 Å². The Bertz CT molecular complexity index is 952. The largest absolute Gasteiger partial charge is 0.477 e. The number of aromatic nitrogens is 1. The molecule has 0 radical (unpaired) electrons. The van der Waals surface area contributed by atoms with E-state index >= 15 is 0 Å². The smallest absolute Gasteiger partial charge is 0.341 e. The number of rotatable bonds is 4. The second-order valence-corrected chi connectivity index (χ2v) is 5.45. The second kappa shape index (κ2) is 6.68. The van der Waals surface area contributed by atoms with Crippen molar-refractivity contribution in [1.82, 2.24) is 4.57 Å². The molecule has 2 aromatic carbocycles. The number of nitrogens with zero attached hydrogens (tertiary/aromatic N) is 1. The van der Waals surface area contributed by atoms with E-state index in [1.165, 1.54) is 54.7 Å². The van der Waals surface area contributed by atoms with Gasteiger partial charge in [-0.25, -0.2) is 13.6 Å². The van der Waals surface area contributed by atoms with Crippen LogP contribution in [0.25, 0.3) is 0 Å². The summed E-state index contributed by atoms with van der Waals surface area (Å²) in [5.74, 6) is -2.39. The van der Waals surface area contributed by atoms with Crippen LogP contribution in [0.5, 0.6) is 0 Å². The van der Waals surface area contributed by atoms with Crippen molar-refractivity contribution in [2.45, 2.75) is 6.04 Å². The Morgan fingerprint density at radius 2 is 1.48 bits per heavy atom. The summed E-state index contributed by atoms with van der Waals surface area (Å²) < 4.78 is 28.5. The van der Waals surface area contributed by atoms with Crippen LogP contribution in [0, 0.1) is 11.6 Å². The molecule has 0 fully saturated rings. The van der Waals surface area contributed by atoms with Gasteiger partial charge < -0.3 is 9.67 Å². The fraction of sp³-hybridized carbons (Fsp3) is 0.0526. The first-order valence-corrected chi connectivity index (χ1v) is 7.43. The van der Waals surface area contributed by atoms with Crippen molar-refractivity contribution in [2.75, 3.05) is 0 Å². The van der Waals surface area contributed by atoms with Crippen LogP contribution in [0.1, 0.15) is 27.5 Å². The summed E-state index contributed by atoms with van der Waals surface area (Å²) in [5, 5.41) is 9.17. The summed E-state index contributed by atoms with van der Waals surface area (Å²) in [6.45, 7) is 0. The molecule has 126 valence electrons. The molecule has 25 heavy (non-hydrogen) atoms. The van der Waals surface area contributed by atoms with Gasteiger partial charge in [-0.05, 0) is 47.5 Å². The highest BCUT2D eigenvalue weighted by Crippen LogP contribution is 2.26. The molecule has 1 N–H and O–H groups in total. The van der Waals surface area contributed by atoms with Crippen LogP contribution in [-0.2, 0) is 0 Å². The summed E-state index contributed by atoms with van der Waals surface area (Å²) in [6, 6.07) is 12.9. The molecule has 0 aliphatic heterocycles. The van der Waals surface area contributed by atoms with Gasteiger partial charge in [-0.3, -0.25) is 4.79 Å². The fourth-order valence-corrected chi connectivity index (χ4v) is 2.74. The van der Waals surface area contributed by atoms with Crippen LogP contribution in [-0.4, -0.2) is 15.6 Å². The zero-order valence-corrected chi connectivity index (χ0v) is 12.9. The van der Waals surface area contributed by atoms with Gasteiger partial charge in [0.15, 0.2) is 0 Å². The standard InChI is InChI=1S/C19H13F2NO3/c20-14-6-1-4-12(10-14)17(13-5-2-7-15(21)11-13)22-9-3-8-16(18(22)23)19(24)25/h1-11,17H,(H,24,25). The van der Waals surface area contributed by atoms with Crippen LogP contribution in [0.15, 0.2) is 71.7 Å². The molecule has 0 spiro atoms. The number of benzene rings is 2. The summed E-state index contributed by atoms with van der Waals surface area (Å²) >= 11 is 0. The van der Waals surface area contributed by atoms with Gasteiger partial charge in [0.25, 0.3) is 5.56 Å². The normalized spacial score (nSPS) is 10.8. The minimum atomic E-state index is -1.36. The van der Waals surface area contributed by atoms with Crippen molar-refractivity contribution in [2.24, 2.45) is 0 Å². The zero-order chi connectivity index (χ0) is 18.0. The number of hydrogen-bond acceptors (Lipinski definition) is 2.